The molecular weight excluding hydrogens is 194 g/mol. The molecule has 1 aliphatic carbocycles. The number of amides is 2. The predicted molar refractivity (Wildman–Crippen MR) is 58.7 cm³/mol. The third kappa shape index (κ3) is 4.99. The van der Waals surface area contributed by atoms with Crippen LogP contribution in [-0.2, 0) is 4.74 Å². The smallest absolute Gasteiger partial charge is 0.317 e. The van der Waals surface area contributed by atoms with E-state index in [2.05, 4.69) is 5.32 Å². The number of nitrogens with two attached hydrogens (primary N) is 1. The predicted octanol–water partition coefficient (Wildman–Crippen LogP) is 0.156. The van der Waals surface area contributed by atoms with Crippen LogP contribution in [0.3, 0.4) is 0 Å². The van der Waals surface area contributed by atoms with Crippen LogP contribution < -0.4 is 11.1 Å². The third-order valence-corrected chi connectivity index (χ3v) is 2.39. The highest BCUT2D eigenvalue weighted by Gasteiger charge is 2.25. The highest BCUT2D eigenvalue weighted by molar-refractivity contribution is 5.74. The lowest BCUT2D eigenvalue weighted by Gasteiger charge is -2.22. The maximum absolute atomic E-state index is 11.7. The summed E-state index contributed by atoms with van der Waals surface area (Å²) in [5.41, 5.74) is 5.43. The van der Waals surface area contributed by atoms with E-state index in [1.807, 2.05) is 0 Å². The van der Waals surface area contributed by atoms with Gasteiger partial charge in [0.05, 0.1) is 6.61 Å². The number of nitrogens with one attached hydrogen (secondary N) is 1. The second-order valence-corrected chi connectivity index (χ2v) is 3.85. The molecule has 0 aromatic rings. The van der Waals surface area contributed by atoms with E-state index in [-0.39, 0.29) is 6.03 Å². The second kappa shape index (κ2) is 6.63. The fraction of sp³-hybridized carbons (Fsp3) is 0.900. The fourth-order valence-electron chi connectivity index (χ4n) is 1.29. The minimum Gasteiger partial charge on any atom is -0.383 e. The molecule has 0 aliphatic heterocycles. The molecule has 2 amide bonds. The van der Waals surface area contributed by atoms with Crippen LogP contribution in [0, 0.1) is 0 Å². The minimum absolute atomic E-state index is 0.0167. The zero-order valence-electron chi connectivity index (χ0n) is 9.37. The van der Waals surface area contributed by atoms with Crippen LogP contribution in [0.15, 0.2) is 0 Å². The van der Waals surface area contributed by atoms with Gasteiger partial charge in [-0.15, -0.1) is 0 Å². The Hall–Kier alpha value is -0.810. The standard InChI is InChI=1S/C10H21N3O2/c1-15-8-7-13(6-2-5-11)10(14)12-9-3-4-9/h9H,2-8,11H2,1H3,(H,12,14). The lowest BCUT2D eigenvalue weighted by molar-refractivity contribution is 0.148. The van der Waals surface area contributed by atoms with E-state index in [0.717, 1.165) is 19.3 Å². The van der Waals surface area contributed by atoms with Crippen molar-refractivity contribution >= 4 is 6.03 Å². The molecule has 0 heterocycles. The van der Waals surface area contributed by atoms with Crippen LogP contribution in [-0.4, -0.2) is 50.3 Å². The summed E-state index contributed by atoms with van der Waals surface area (Å²) in [6, 6.07) is 0.420. The molecule has 5 nitrogen and oxygen atoms in total. The van der Waals surface area contributed by atoms with Gasteiger partial charge in [-0.1, -0.05) is 0 Å². The van der Waals surface area contributed by atoms with Crippen molar-refractivity contribution in [3.63, 3.8) is 0 Å². The van der Waals surface area contributed by atoms with Gasteiger partial charge in [0, 0.05) is 26.2 Å². The molecule has 5 heteroatoms. The molecule has 1 rings (SSSR count). The Morgan fingerprint density at radius 1 is 1.53 bits per heavy atom. The molecule has 0 unspecified atom stereocenters. The Bertz CT molecular complexity index is 187. The summed E-state index contributed by atoms with van der Waals surface area (Å²) in [7, 11) is 1.64. The number of hydrogen-bond donors (Lipinski definition) is 2. The van der Waals surface area contributed by atoms with Gasteiger partial charge in [0.25, 0.3) is 0 Å². The molecular formula is C10H21N3O2. The Morgan fingerprint density at radius 3 is 2.80 bits per heavy atom. The quantitative estimate of drug-likeness (QED) is 0.635. The Kier molecular flexibility index (Phi) is 5.42. The van der Waals surface area contributed by atoms with Gasteiger partial charge in [0.1, 0.15) is 0 Å². The van der Waals surface area contributed by atoms with E-state index in [1.165, 1.54) is 0 Å². The first kappa shape index (κ1) is 12.3. The summed E-state index contributed by atoms with van der Waals surface area (Å²) < 4.78 is 4.97. The van der Waals surface area contributed by atoms with Crippen molar-refractivity contribution in [3.8, 4) is 0 Å². The van der Waals surface area contributed by atoms with E-state index in [0.29, 0.717) is 32.3 Å². The summed E-state index contributed by atoms with van der Waals surface area (Å²) in [5.74, 6) is 0. The largest absolute Gasteiger partial charge is 0.383 e. The van der Waals surface area contributed by atoms with Gasteiger partial charge < -0.3 is 20.7 Å². The molecule has 1 saturated carbocycles. The SMILES string of the molecule is COCCN(CCCN)C(=O)NC1CC1. The van der Waals surface area contributed by atoms with Gasteiger partial charge in [-0.25, -0.2) is 4.79 Å². The lowest BCUT2D eigenvalue weighted by Crippen LogP contribution is -2.43. The molecule has 0 aromatic carbocycles. The van der Waals surface area contributed by atoms with Crippen molar-refractivity contribution < 1.29 is 9.53 Å². The molecule has 0 aromatic heterocycles. The van der Waals surface area contributed by atoms with Gasteiger partial charge >= 0.3 is 6.03 Å². The monoisotopic (exact) mass is 215 g/mol. The zero-order valence-corrected chi connectivity index (χ0v) is 9.37. The van der Waals surface area contributed by atoms with Gasteiger partial charge in [0.15, 0.2) is 0 Å². The Labute approximate surface area is 90.9 Å². The van der Waals surface area contributed by atoms with Crippen molar-refractivity contribution in [3.05, 3.63) is 0 Å². The average Bonchev–Trinajstić information content (AvgIpc) is 3.02. The topological polar surface area (TPSA) is 67.6 Å². The Morgan fingerprint density at radius 2 is 2.27 bits per heavy atom. The molecule has 1 aliphatic rings. The van der Waals surface area contributed by atoms with Crippen LogP contribution in [0.5, 0.6) is 0 Å². The molecule has 15 heavy (non-hydrogen) atoms. The van der Waals surface area contributed by atoms with Crippen LogP contribution in [0.4, 0.5) is 4.79 Å². The summed E-state index contributed by atoms with van der Waals surface area (Å²) >= 11 is 0. The van der Waals surface area contributed by atoms with E-state index in [4.69, 9.17) is 10.5 Å². The second-order valence-electron chi connectivity index (χ2n) is 3.85. The molecule has 0 atom stereocenters. The van der Waals surface area contributed by atoms with Gasteiger partial charge in [0.2, 0.25) is 0 Å². The van der Waals surface area contributed by atoms with E-state index in [9.17, 15) is 4.79 Å². The molecule has 0 spiro atoms. The normalized spacial score (nSPS) is 15.1. The molecule has 0 bridgehead atoms. The van der Waals surface area contributed by atoms with Crippen molar-refractivity contribution in [2.75, 3.05) is 33.4 Å². The number of carbonyl (C=O) groups is 1. The highest BCUT2D eigenvalue weighted by atomic mass is 16.5. The van der Waals surface area contributed by atoms with E-state index < -0.39 is 0 Å². The average molecular weight is 215 g/mol. The van der Waals surface area contributed by atoms with Crippen molar-refractivity contribution in [2.45, 2.75) is 25.3 Å². The number of nitrogens with zero attached hydrogens (tertiary/aromatic N) is 1. The number of carbonyl (C=O) groups excluding carboxylic acids is 1. The first-order valence-corrected chi connectivity index (χ1v) is 5.52. The molecule has 0 radical (unpaired) electrons. The zero-order chi connectivity index (χ0) is 11.1. The maximum atomic E-state index is 11.7. The van der Waals surface area contributed by atoms with Crippen molar-refractivity contribution in [2.24, 2.45) is 5.73 Å². The first-order chi connectivity index (χ1) is 7.27. The van der Waals surface area contributed by atoms with Crippen molar-refractivity contribution in [1.29, 1.82) is 0 Å². The number of ether oxygens (including phenoxy) is 1. The fourth-order valence-corrected chi connectivity index (χ4v) is 1.29. The number of rotatable bonds is 7. The van der Waals surface area contributed by atoms with E-state index in [1.54, 1.807) is 12.0 Å². The summed E-state index contributed by atoms with van der Waals surface area (Å²) in [4.78, 5) is 13.5. The molecule has 1 fully saturated rings. The Balaban J connectivity index is 2.26. The lowest BCUT2D eigenvalue weighted by atomic mass is 10.4. The van der Waals surface area contributed by atoms with Gasteiger partial charge in [-0.3, -0.25) is 0 Å². The van der Waals surface area contributed by atoms with Crippen LogP contribution in [0.1, 0.15) is 19.3 Å². The molecule has 0 saturated heterocycles. The van der Waals surface area contributed by atoms with Gasteiger partial charge in [-0.05, 0) is 25.8 Å². The molecule has 88 valence electrons. The third-order valence-electron chi connectivity index (χ3n) is 2.39. The maximum Gasteiger partial charge on any atom is 0.317 e. The summed E-state index contributed by atoms with van der Waals surface area (Å²) in [6.45, 7) is 2.52. The highest BCUT2D eigenvalue weighted by Crippen LogP contribution is 2.18. The van der Waals surface area contributed by atoms with Crippen molar-refractivity contribution in [1.82, 2.24) is 10.2 Å². The summed E-state index contributed by atoms with van der Waals surface area (Å²) in [5, 5.41) is 2.96. The van der Waals surface area contributed by atoms with Crippen LogP contribution in [0.25, 0.3) is 0 Å². The first-order valence-electron chi connectivity index (χ1n) is 5.52. The summed E-state index contributed by atoms with van der Waals surface area (Å²) in [6.07, 6.45) is 3.06. The van der Waals surface area contributed by atoms with Gasteiger partial charge in [-0.2, -0.15) is 0 Å². The van der Waals surface area contributed by atoms with E-state index >= 15 is 0 Å². The minimum atomic E-state index is 0.0167. The number of hydrogen-bond acceptors (Lipinski definition) is 3. The number of urea groups is 1. The molecule has 3 N–H and O–H groups in total. The van der Waals surface area contributed by atoms with Crippen LogP contribution in [0.2, 0.25) is 0 Å². The van der Waals surface area contributed by atoms with Crippen LogP contribution >= 0.6 is 0 Å². The number of methoxy groups -OCH3 is 1.